The molecule has 0 unspecified atom stereocenters. The van der Waals surface area contributed by atoms with E-state index in [2.05, 4.69) is 4.90 Å². The fraction of sp³-hybridized carbons (Fsp3) is 0.316. The normalized spacial score (nSPS) is 12.8. The van der Waals surface area contributed by atoms with Crippen LogP contribution in [-0.4, -0.2) is 38.1 Å². The molecule has 1 aliphatic heterocycles. The van der Waals surface area contributed by atoms with Gasteiger partial charge in [-0.1, -0.05) is 17.7 Å². The maximum Gasteiger partial charge on any atom is 0.511 e. The number of fused-ring (bicyclic) bond motifs is 1. The van der Waals surface area contributed by atoms with Gasteiger partial charge in [-0.2, -0.15) is 0 Å². The lowest BCUT2D eigenvalue weighted by molar-refractivity contribution is 0.144. The molecule has 26 heavy (non-hydrogen) atoms. The first kappa shape index (κ1) is 18.4. The van der Waals surface area contributed by atoms with E-state index < -0.39 is 6.16 Å². The van der Waals surface area contributed by atoms with Gasteiger partial charge in [-0.3, -0.25) is 0 Å². The standard InChI is InChI=1S/C19H20ClNO5/c1-24-9-10-25-17-6-5-14(20)11-13(17)12-21-8-7-15-16(21)3-2-4-18(15)26-19(22)23/h2-6,11H,7-10,12H2,1H3,(H,22,23). The van der Waals surface area contributed by atoms with Crippen molar-refractivity contribution in [2.45, 2.75) is 13.0 Å². The monoisotopic (exact) mass is 377 g/mol. The molecular weight excluding hydrogens is 358 g/mol. The average Bonchev–Trinajstić information content (AvgIpc) is 3.01. The van der Waals surface area contributed by atoms with Gasteiger partial charge < -0.3 is 24.2 Å². The summed E-state index contributed by atoms with van der Waals surface area (Å²) in [7, 11) is 1.63. The zero-order chi connectivity index (χ0) is 18.5. The molecule has 0 spiro atoms. The molecule has 7 heteroatoms. The van der Waals surface area contributed by atoms with Gasteiger partial charge in [-0.25, -0.2) is 4.79 Å². The second-order valence-electron chi connectivity index (χ2n) is 5.89. The first-order chi connectivity index (χ1) is 12.6. The number of anilines is 1. The minimum absolute atomic E-state index is 0.389. The van der Waals surface area contributed by atoms with Crippen molar-refractivity contribution in [3.05, 3.63) is 52.5 Å². The molecule has 0 amide bonds. The van der Waals surface area contributed by atoms with E-state index in [9.17, 15) is 4.79 Å². The van der Waals surface area contributed by atoms with Crippen LogP contribution in [0.3, 0.4) is 0 Å². The smallest absolute Gasteiger partial charge is 0.491 e. The van der Waals surface area contributed by atoms with Crippen LogP contribution in [0, 0.1) is 0 Å². The quantitative estimate of drug-likeness (QED) is 0.447. The van der Waals surface area contributed by atoms with Crippen LogP contribution >= 0.6 is 11.6 Å². The van der Waals surface area contributed by atoms with Crippen LogP contribution in [0.4, 0.5) is 10.5 Å². The predicted octanol–water partition coefficient (Wildman–Crippen LogP) is 3.98. The molecule has 0 fully saturated rings. The molecule has 2 aromatic carbocycles. The van der Waals surface area contributed by atoms with E-state index in [1.165, 1.54) is 0 Å². The minimum atomic E-state index is -1.31. The van der Waals surface area contributed by atoms with E-state index in [0.717, 1.165) is 35.5 Å². The number of nitrogens with zero attached hydrogens (tertiary/aromatic N) is 1. The number of rotatable bonds is 7. The van der Waals surface area contributed by atoms with Gasteiger partial charge in [0.05, 0.1) is 6.61 Å². The van der Waals surface area contributed by atoms with E-state index in [4.69, 9.17) is 30.9 Å². The summed E-state index contributed by atoms with van der Waals surface area (Å²) in [5.41, 5.74) is 2.83. The zero-order valence-electron chi connectivity index (χ0n) is 14.4. The third-order valence-electron chi connectivity index (χ3n) is 4.21. The van der Waals surface area contributed by atoms with E-state index in [1.807, 2.05) is 18.2 Å². The molecule has 0 bridgehead atoms. The molecule has 0 radical (unpaired) electrons. The largest absolute Gasteiger partial charge is 0.511 e. The summed E-state index contributed by atoms with van der Waals surface area (Å²) in [4.78, 5) is 13.0. The molecule has 1 aliphatic rings. The van der Waals surface area contributed by atoms with Gasteiger partial charge >= 0.3 is 6.16 Å². The minimum Gasteiger partial charge on any atom is -0.491 e. The molecule has 1 heterocycles. The molecular formula is C19H20ClNO5. The summed E-state index contributed by atoms with van der Waals surface area (Å²) in [5.74, 6) is 1.15. The second kappa shape index (κ2) is 8.29. The molecule has 0 saturated heterocycles. The summed E-state index contributed by atoms with van der Waals surface area (Å²) in [5, 5.41) is 9.53. The zero-order valence-corrected chi connectivity index (χ0v) is 15.2. The number of methoxy groups -OCH3 is 1. The Morgan fingerprint density at radius 2 is 2.08 bits per heavy atom. The van der Waals surface area contributed by atoms with Crippen LogP contribution in [-0.2, 0) is 17.7 Å². The van der Waals surface area contributed by atoms with E-state index in [1.54, 1.807) is 25.3 Å². The lowest BCUT2D eigenvalue weighted by atomic mass is 10.1. The highest BCUT2D eigenvalue weighted by atomic mass is 35.5. The van der Waals surface area contributed by atoms with Crippen molar-refractivity contribution in [2.24, 2.45) is 0 Å². The Hall–Kier alpha value is -2.44. The van der Waals surface area contributed by atoms with Crippen LogP contribution in [0.15, 0.2) is 36.4 Å². The fourth-order valence-corrected chi connectivity index (χ4v) is 3.27. The third-order valence-corrected chi connectivity index (χ3v) is 4.44. The molecule has 2 aromatic rings. The highest BCUT2D eigenvalue weighted by Gasteiger charge is 2.24. The van der Waals surface area contributed by atoms with Gasteiger partial charge in [0.25, 0.3) is 0 Å². The third kappa shape index (κ3) is 4.20. The van der Waals surface area contributed by atoms with Gasteiger partial charge in [-0.05, 0) is 36.8 Å². The molecule has 6 nitrogen and oxygen atoms in total. The lowest BCUT2D eigenvalue weighted by Crippen LogP contribution is -2.20. The molecule has 0 aliphatic carbocycles. The Morgan fingerprint density at radius 1 is 1.23 bits per heavy atom. The molecule has 0 aromatic heterocycles. The van der Waals surface area contributed by atoms with Crippen LogP contribution in [0.1, 0.15) is 11.1 Å². The Kier molecular flexibility index (Phi) is 5.85. The maximum absolute atomic E-state index is 10.9. The van der Waals surface area contributed by atoms with Crippen LogP contribution < -0.4 is 14.4 Å². The van der Waals surface area contributed by atoms with Crippen molar-refractivity contribution in [2.75, 3.05) is 31.8 Å². The summed E-state index contributed by atoms with van der Waals surface area (Å²) >= 11 is 6.16. The van der Waals surface area contributed by atoms with Gasteiger partial charge in [-0.15, -0.1) is 0 Å². The van der Waals surface area contributed by atoms with Gasteiger partial charge in [0, 0.05) is 42.0 Å². The predicted molar refractivity (Wildman–Crippen MR) is 98.7 cm³/mol. The fourth-order valence-electron chi connectivity index (χ4n) is 3.08. The topological polar surface area (TPSA) is 68.2 Å². The molecule has 1 N–H and O–H groups in total. The lowest BCUT2D eigenvalue weighted by Gasteiger charge is -2.22. The summed E-state index contributed by atoms with van der Waals surface area (Å²) < 4.78 is 15.7. The van der Waals surface area contributed by atoms with Gasteiger partial charge in [0.1, 0.15) is 18.1 Å². The Balaban J connectivity index is 1.81. The second-order valence-corrected chi connectivity index (χ2v) is 6.32. The average molecular weight is 378 g/mol. The highest BCUT2D eigenvalue weighted by Crippen LogP contribution is 2.37. The molecule has 0 saturated carbocycles. The van der Waals surface area contributed by atoms with Gasteiger partial charge in [0.15, 0.2) is 0 Å². The summed E-state index contributed by atoms with van der Waals surface area (Å²) in [6.45, 7) is 2.33. The Labute approximate surface area is 156 Å². The van der Waals surface area contributed by atoms with Gasteiger partial charge in [0.2, 0.25) is 0 Å². The number of carbonyl (C=O) groups is 1. The first-order valence-corrected chi connectivity index (χ1v) is 8.64. The number of benzene rings is 2. The Morgan fingerprint density at radius 3 is 2.85 bits per heavy atom. The van der Waals surface area contributed by atoms with Crippen molar-refractivity contribution < 1.29 is 24.1 Å². The van der Waals surface area contributed by atoms with Crippen molar-refractivity contribution in [3.63, 3.8) is 0 Å². The van der Waals surface area contributed by atoms with Crippen LogP contribution in [0.5, 0.6) is 11.5 Å². The van der Waals surface area contributed by atoms with Crippen molar-refractivity contribution in [1.29, 1.82) is 0 Å². The number of halogens is 1. The SMILES string of the molecule is COCCOc1ccc(Cl)cc1CN1CCc2c(OC(=O)O)cccc21. The highest BCUT2D eigenvalue weighted by molar-refractivity contribution is 6.30. The van der Waals surface area contributed by atoms with E-state index in [0.29, 0.717) is 30.5 Å². The molecule has 3 rings (SSSR count). The molecule has 0 atom stereocenters. The summed E-state index contributed by atoms with van der Waals surface area (Å²) in [6.07, 6.45) is -0.584. The number of hydrogen-bond acceptors (Lipinski definition) is 5. The maximum atomic E-state index is 10.9. The molecule has 138 valence electrons. The summed E-state index contributed by atoms with van der Waals surface area (Å²) in [6, 6.07) is 11.0. The Bertz CT molecular complexity index is 795. The number of carboxylic acid groups (broad SMARTS) is 1. The van der Waals surface area contributed by atoms with Crippen LogP contribution in [0.2, 0.25) is 5.02 Å². The number of hydrogen-bond donors (Lipinski definition) is 1. The van der Waals surface area contributed by atoms with Crippen LogP contribution in [0.25, 0.3) is 0 Å². The van der Waals surface area contributed by atoms with Crippen molar-refractivity contribution in [1.82, 2.24) is 0 Å². The number of ether oxygens (including phenoxy) is 3. The first-order valence-electron chi connectivity index (χ1n) is 8.26. The van der Waals surface area contributed by atoms with E-state index in [-0.39, 0.29) is 0 Å². The van der Waals surface area contributed by atoms with Crippen molar-refractivity contribution >= 4 is 23.4 Å². The van der Waals surface area contributed by atoms with Crippen molar-refractivity contribution in [3.8, 4) is 11.5 Å². The van der Waals surface area contributed by atoms with E-state index >= 15 is 0 Å².